The third kappa shape index (κ3) is 1.84. The number of ether oxygens (including phenoxy) is 1. The minimum Gasteiger partial charge on any atom is -0.508 e. The highest BCUT2D eigenvalue weighted by Gasteiger charge is 2.06. The van der Waals surface area contributed by atoms with Crippen molar-refractivity contribution in [2.24, 2.45) is 4.99 Å². The topological polar surface area (TPSA) is 54.7 Å². The van der Waals surface area contributed by atoms with Crippen molar-refractivity contribution in [2.75, 3.05) is 7.11 Å². The van der Waals surface area contributed by atoms with Gasteiger partial charge in [0.05, 0.1) is 12.7 Å². The predicted octanol–water partition coefficient (Wildman–Crippen LogP) is 1.95. The second-order valence-electron chi connectivity index (χ2n) is 2.33. The minimum absolute atomic E-state index is 0.0856. The maximum Gasteiger partial charge on any atom is 0.215 e. The Labute approximate surface area is 76.2 Å². The number of methoxy groups -OCH3 is 1. The molecule has 0 aliphatic rings. The summed E-state index contributed by atoms with van der Waals surface area (Å²) in [5.41, 5.74) is 0.454. The van der Waals surface area contributed by atoms with Crippen LogP contribution in [-0.2, 0) is 0 Å². The number of pyridine rings is 1. The molecular formula is C9H10N2O2. The Balaban J connectivity index is 3.23. The van der Waals surface area contributed by atoms with Crippen molar-refractivity contribution in [3.63, 3.8) is 0 Å². The van der Waals surface area contributed by atoms with E-state index in [1.807, 2.05) is 0 Å². The van der Waals surface area contributed by atoms with E-state index in [-0.39, 0.29) is 5.76 Å². The molecule has 68 valence electrons. The zero-order valence-electron chi connectivity index (χ0n) is 7.32. The molecule has 0 amide bonds. The van der Waals surface area contributed by atoms with Crippen molar-refractivity contribution < 1.29 is 9.84 Å². The predicted molar refractivity (Wildman–Crippen MR) is 51.7 cm³/mol. The van der Waals surface area contributed by atoms with E-state index in [1.54, 1.807) is 12.1 Å². The molecule has 0 fully saturated rings. The van der Waals surface area contributed by atoms with E-state index in [9.17, 15) is 0 Å². The monoisotopic (exact) mass is 178 g/mol. The first-order valence-electron chi connectivity index (χ1n) is 3.59. The smallest absolute Gasteiger partial charge is 0.215 e. The maximum atomic E-state index is 9.14. The molecule has 0 spiro atoms. The lowest BCUT2D eigenvalue weighted by Crippen LogP contribution is -1.90. The number of aromatic nitrogens is 1. The van der Waals surface area contributed by atoms with Gasteiger partial charge in [0.1, 0.15) is 5.76 Å². The zero-order chi connectivity index (χ0) is 9.84. The average molecular weight is 178 g/mol. The maximum absolute atomic E-state index is 9.14. The molecule has 0 bridgehead atoms. The summed E-state index contributed by atoms with van der Waals surface area (Å²) >= 11 is 0. The Morgan fingerprint density at radius 1 is 1.62 bits per heavy atom. The molecule has 1 aromatic heterocycles. The molecule has 1 heterocycles. The van der Waals surface area contributed by atoms with Gasteiger partial charge in [-0.15, -0.1) is 0 Å². The van der Waals surface area contributed by atoms with Gasteiger partial charge in [-0.1, -0.05) is 6.58 Å². The lowest BCUT2D eigenvalue weighted by molar-refractivity contribution is 0.398. The van der Waals surface area contributed by atoms with Crippen LogP contribution >= 0.6 is 0 Å². The number of aliphatic hydroxyl groups excluding tert-OH is 1. The van der Waals surface area contributed by atoms with Crippen LogP contribution in [0.3, 0.4) is 0 Å². The molecule has 1 aromatic rings. The van der Waals surface area contributed by atoms with Gasteiger partial charge in [-0.25, -0.2) is 4.99 Å². The van der Waals surface area contributed by atoms with Gasteiger partial charge in [-0.3, -0.25) is 0 Å². The van der Waals surface area contributed by atoms with Gasteiger partial charge in [0.2, 0.25) is 5.88 Å². The van der Waals surface area contributed by atoms with Crippen LogP contribution in [-0.4, -0.2) is 23.9 Å². The van der Waals surface area contributed by atoms with E-state index >= 15 is 0 Å². The molecule has 0 saturated carbocycles. The second kappa shape index (κ2) is 3.71. The van der Waals surface area contributed by atoms with Crippen LogP contribution in [0.2, 0.25) is 0 Å². The number of rotatable bonds is 3. The number of aliphatic imine (C=N–C) groups is 1. The van der Waals surface area contributed by atoms with Crippen molar-refractivity contribution in [1.29, 1.82) is 0 Å². The first-order chi connectivity index (χ1) is 6.19. The molecule has 1 N–H and O–H groups in total. The van der Waals surface area contributed by atoms with Gasteiger partial charge in [-0.05, 0) is 12.8 Å². The van der Waals surface area contributed by atoms with Crippen LogP contribution in [0.1, 0.15) is 5.56 Å². The number of hydrogen-bond donors (Lipinski definition) is 1. The fourth-order valence-corrected chi connectivity index (χ4v) is 0.890. The van der Waals surface area contributed by atoms with Gasteiger partial charge in [0, 0.05) is 6.07 Å². The Hall–Kier alpha value is -1.84. The minimum atomic E-state index is -0.0856. The molecule has 0 atom stereocenters. The largest absolute Gasteiger partial charge is 0.508 e. The summed E-state index contributed by atoms with van der Waals surface area (Å²) in [4.78, 5) is 7.60. The Bertz CT molecular complexity index is 347. The van der Waals surface area contributed by atoms with Crippen molar-refractivity contribution in [3.8, 4) is 5.88 Å². The van der Waals surface area contributed by atoms with E-state index in [0.29, 0.717) is 17.3 Å². The van der Waals surface area contributed by atoms with Crippen LogP contribution < -0.4 is 4.74 Å². The molecule has 0 aliphatic heterocycles. The number of hydrogen-bond acceptors (Lipinski definition) is 4. The van der Waals surface area contributed by atoms with Gasteiger partial charge >= 0.3 is 0 Å². The molecule has 0 saturated heterocycles. The molecule has 13 heavy (non-hydrogen) atoms. The normalized spacial score (nSPS) is 9.31. The third-order valence-electron chi connectivity index (χ3n) is 1.52. The lowest BCUT2D eigenvalue weighted by atomic mass is 10.2. The van der Waals surface area contributed by atoms with E-state index in [0.717, 1.165) is 0 Å². The van der Waals surface area contributed by atoms with Crippen LogP contribution in [0.15, 0.2) is 23.7 Å². The summed E-state index contributed by atoms with van der Waals surface area (Å²) < 4.78 is 4.88. The van der Waals surface area contributed by atoms with Crippen LogP contribution in [0, 0.1) is 0 Å². The first-order valence-corrected chi connectivity index (χ1v) is 3.59. The molecule has 0 unspecified atom stereocenters. The number of nitrogens with zero attached hydrogens (tertiary/aromatic N) is 2. The first kappa shape index (κ1) is 9.25. The molecular weight excluding hydrogens is 168 g/mol. The molecule has 0 radical (unpaired) electrons. The zero-order valence-corrected chi connectivity index (χ0v) is 7.32. The van der Waals surface area contributed by atoms with Gasteiger partial charge in [-0.2, -0.15) is 4.98 Å². The van der Waals surface area contributed by atoms with Crippen molar-refractivity contribution in [3.05, 3.63) is 24.3 Å². The fraction of sp³-hybridized carbons (Fsp3) is 0.111. The Kier molecular flexibility index (Phi) is 2.64. The van der Waals surface area contributed by atoms with Crippen molar-refractivity contribution >= 4 is 18.3 Å². The third-order valence-corrected chi connectivity index (χ3v) is 1.52. The van der Waals surface area contributed by atoms with Crippen molar-refractivity contribution in [2.45, 2.75) is 0 Å². The molecule has 1 rings (SSSR count). The Morgan fingerprint density at radius 2 is 2.31 bits per heavy atom. The van der Waals surface area contributed by atoms with E-state index in [1.165, 1.54) is 7.11 Å². The van der Waals surface area contributed by atoms with E-state index in [2.05, 4.69) is 23.3 Å². The fourth-order valence-electron chi connectivity index (χ4n) is 0.890. The second-order valence-corrected chi connectivity index (χ2v) is 2.33. The molecule has 0 aromatic carbocycles. The van der Waals surface area contributed by atoms with Crippen LogP contribution in [0.4, 0.5) is 5.82 Å². The van der Waals surface area contributed by atoms with Crippen LogP contribution in [0.25, 0.3) is 5.76 Å². The lowest BCUT2D eigenvalue weighted by Gasteiger charge is -2.04. The molecule has 0 aliphatic carbocycles. The average Bonchev–Trinajstić information content (AvgIpc) is 2.16. The highest BCUT2D eigenvalue weighted by Crippen LogP contribution is 2.23. The van der Waals surface area contributed by atoms with Gasteiger partial charge in [0.25, 0.3) is 0 Å². The van der Waals surface area contributed by atoms with Gasteiger partial charge < -0.3 is 9.84 Å². The summed E-state index contributed by atoms with van der Waals surface area (Å²) in [6.07, 6.45) is 0. The number of aliphatic hydroxyl groups is 1. The summed E-state index contributed by atoms with van der Waals surface area (Å²) in [5, 5.41) is 9.14. The standard InChI is InChI=1S/C9H10N2O2/c1-6(12)7-4-5-8(13-3)11-9(7)10-2/h4-5,12H,1-2H2,3H3. The quantitative estimate of drug-likeness (QED) is 0.568. The summed E-state index contributed by atoms with van der Waals surface area (Å²) in [5.74, 6) is 0.650. The van der Waals surface area contributed by atoms with Crippen LogP contribution in [0.5, 0.6) is 5.88 Å². The molecule has 4 nitrogen and oxygen atoms in total. The van der Waals surface area contributed by atoms with Gasteiger partial charge in [0.15, 0.2) is 5.82 Å². The molecule has 4 heteroatoms. The highest BCUT2D eigenvalue weighted by molar-refractivity contribution is 5.67. The summed E-state index contributed by atoms with van der Waals surface area (Å²) in [6, 6.07) is 3.24. The Morgan fingerprint density at radius 3 is 2.77 bits per heavy atom. The SMILES string of the molecule is C=Nc1nc(OC)ccc1C(=C)O. The highest BCUT2D eigenvalue weighted by atomic mass is 16.5. The summed E-state index contributed by atoms with van der Waals surface area (Å²) in [6.45, 7) is 6.71. The van der Waals surface area contributed by atoms with Crippen molar-refractivity contribution in [1.82, 2.24) is 4.98 Å². The van der Waals surface area contributed by atoms with E-state index in [4.69, 9.17) is 9.84 Å². The summed E-state index contributed by atoms with van der Waals surface area (Å²) in [7, 11) is 1.50. The van der Waals surface area contributed by atoms with E-state index < -0.39 is 0 Å².